The Hall–Kier alpha value is -1.69. The van der Waals surface area contributed by atoms with Crippen LogP contribution in [-0.4, -0.2) is 15.0 Å². The second-order valence-electron chi connectivity index (χ2n) is 4.52. The first-order valence-electron chi connectivity index (χ1n) is 6.45. The highest BCUT2D eigenvalue weighted by Crippen LogP contribution is 2.13. The van der Waals surface area contributed by atoms with Crippen molar-refractivity contribution < 1.29 is 8.42 Å². The molecule has 2 rings (SSSR count). The van der Waals surface area contributed by atoms with Gasteiger partial charge < -0.3 is 5.73 Å². The zero-order chi connectivity index (χ0) is 14.4. The maximum Gasteiger partial charge on any atom is 0.240 e. The second-order valence-corrected chi connectivity index (χ2v) is 6.28. The van der Waals surface area contributed by atoms with Gasteiger partial charge in [-0.15, -0.1) is 0 Å². The monoisotopic (exact) mass is 290 g/mol. The number of rotatable bonds is 6. The number of hydrogen-bond donors (Lipinski definition) is 2. The highest BCUT2D eigenvalue weighted by atomic mass is 32.2. The van der Waals surface area contributed by atoms with Crippen LogP contribution in [0.5, 0.6) is 0 Å². The van der Waals surface area contributed by atoms with Crippen LogP contribution >= 0.6 is 0 Å². The molecule has 0 aliphatic carbocycles. The normalized spacial score (nSPS) is 13.1. The summed E-state index contributed by atoms with van der Waals surface area (Å²) < 4.78 is 26.6. The molecular weight excluding hydrogens is 272 g/mol. The first-order valence-corrected chi connectivity index (χ1v) is 7.93. The topological polar surface area (TPSA) is 72.2 Å². The van der Waals surface area contributed by atoms with Gasteiger partial charge >= 0.3 is 0 Å². The van der Waals surface area contributed by atoms with Crippen LogP contribution in [0.25, 0.3) is 0 Å². The Kier molecular flexibility index (Phi) is 4.89. The minimum absolute atomic E-state index is 0.172. The predicted octanol–water partition coefficient (Wildman–Crippen LogP) is 2.05. The Morgan fingerprint density at radius 2 is 1.50 bits per heavy atom. The lowest BCUT2D eigenvalue weighted by Crippen LogP contribution is -2.27. The van der Waals surface area contributed by atoms with E-state index in [4.69, 9.17) is 5.73 Å². The SMILES string of the molecule is NC(CCNS(=O)(=O)c1ccccc1)c1ccccc1. The van der Waals surface area contributed by atoms with E-state index in [1.165, 1.54) is 0 Å². The molecule has 1 atom stereocenters. The number of benzene rings is 2. The smallest absolute Gasteiger partial charge is 0.240 e. The van der Waals surface area contributed by atoms with Gasteiger partial charge in [0.15, 0.2) is 0 Å². The molecule has 0 aromatic heterocycles. The van der Waals surface area contributed by atoms with Crippen molar-refractivity contribution in [3.63, 3.8) is 0 Å². The molecule has 0 aliphatic heterocycles. The van der Waals surface area contributed by atoms with Crippen molar-refractivity contribution in [2.45, 2.75) is 17.4 Å². The molecule has 0 fully saturated rings. The first kappa shape index (κ1) is 14.7. The Bertz CT molecular complexity index is 627. The molecule has 0 saturated heterocycles. The average Bonchev–Trinajstić information content (AvgIpc) is 2.49. The highest BCUT2D eigenvalue weighted by molar-refractivity contribution is 7.89. The van der Waals surface area contributed by atoms with Crippen molar-refractivity contribution in [2.75, 3.05) is 6.54 Å². The highest BCUT2D eigenvalue weighted by Gasteiger charge is 2.13. The summed E-state index contributed by atoms with van der Waals surface area (Å²) in [5.74, 6) is 0. The minimum Gasteiger partial charge on any atom is -0.324 e. The maximum atomic E-state index is 12.0. The fourth-order valence-electron chi connectivity index (χ4n) is 1.90. The van der Waals surface area contributed by atoms with Gasteiger partial charge in [-0.3, -0.25) is 0 Å². The summed E-state index contributed by atoms with van der Waals surface area (Å²) in [7, 11) is -3.44. The van der Waals surface area contributed by atoms with E-state index in [0.717, 1.165) is 5.56 Å². The Morgan fingerprint density at radius 1 is 0.950 bits per heavy atom. The van der Waals surface area contributed by atoms with E-state index in [9.17, 15) is 8.42 Å². The average molecular weight is 290 g/mol. The van der Waals surface area contributed by atoms with Crippen LogP contribution in [0.2, 0.25) is 0 Å². The van der Waals surface area contributed by atoms with Crippen LogP contribution < -0.4 is 10.5 Å². The second kappa shape index (κ2) is 6.65. The van der Waals surface area contributed by atoms with Crippen LogP contribution in [0.1, 0.15) is 18.0 Å². The van der Waals surface area contributed by atoms with Crippen molar-refractivity contribution >= 4 is 10.0 Å². The maximum absolute atomic E-state index is 12.0. The summed E-state index contributed by atoms with van der Waals surface area (Å²) in [6.07, 6.45) is 0.552. The number of hydrogen-bond acceptors (Lipinski definition) is 3. The van der Waals surface area contributed by atoms with Gasteiger partial charge in [0.2, 0.25) is 10.0 Å². The molecule has 4 nitrogen and oxygen atoms in total. The van der Waals surface area contributed by atoms with Crippen molar-refractivity contribution in [1.82, 2.24) is 4.72 Å². The van der Waals surface area contributed by atoms with Crippen LogP contribution in [0.15, 0.2) is 65.6 Å². The third kappa shape index (κ3) is 3.90. The van der Waals surface area contributed by atoms with E-state index in [1.807, 2.05) is 30.3 Å². The van der Waals surface area contributed by atoms with Crippen LogP contribution in [-0.2, 0) is 10.0 Å². The zero-order valence-electron chi connectivity index (χ0n) is 11.1. The molecule has 0 heterocycles. The molecule has 0 amide bonds. The summed E-state index contributed by atoms with van der Waals surface area (Å²) >= 11 is 0. The lowest BCUT2D eigenvalue weighted by molar-refractivity contribution is 0.569. The predicted molar refractivity (Wildman–Crippen MR) is 79.6 cm³/mol. The lowest BCUT2D eigenvalue weighted by atomic mass is 10.1. The fourth-order valence-corrected chi connectivity index (χ4v) is 2.97. The van der Waals surface area contributed by atoms with Gasteiger partial charge in [0.1, 0.15) is 0 Å². The first-order chi connectivity index (χ1) is 9.59. The van der Waals surface area contributed by atoms with Crippen molar-refractivity contribution in [1.29, 1.82) is 0 Å². The van der Waals surface area contributed by atoms with Gasteiger partial charge in [0, 0.05) is 12.6 Å². The van der Waals surface area contributed by atoms with Crippen LogP contribution in [0.4, 0.5) is 0 Å². The minimum atomic E-state index is -3.44. The molecule has 0 aliphatic rings. The van der Waals surface area contributed by atoms with Crippen LogP contribution in [0.3, 0.4) is 0 Å². The molecule has 0 bridgehead atoms. The van der Waals surface area contributed by atoms with E-state index < -0.39 is 10.0 Å². The Morgan fingerprint density at radius 3 is 2.10 bits per heavy atom. The zero-order valence-corrected chi connectivity index (χ0v) is 11.9. The summed E-state index contributed by atoms with van der Waals surface area (Å²) in [5, 5.41) is 0. The molecule has 106 valence electrons. The van der Waals surface area contributed by atoms with Gasteiger partial charge in [0.25, 0.3) is 0 Å². The van der Waals surface area contributed by atoms with E-state index in [1.54, 1.807) is 30.3 Å². The van der Waals surface area contributed by atoms with Crippen molar-refractivity contribution in [2.24, 2.45) is 5.73 Å². The molecule has 2 aromatic carbocycles. The number of nitrogens with one attached hydrogen (secondary N) is 1. The fraction of sp³-hybridized carbons (Fsp3) is 0.200. The molecule has 5 heteroatoms. The molecule has 0 spiro atoms. The Labute approximate surface area is 119 Å². The van der Waals surface area contributed by atoms with E-state index in [0.29, 0.717) is 13.0 Å². The third-order valence-electron chi connectivity index (χ3n) is 3.03. The molecule has 1 unspecified atom stereocenters. The molecule has 2 aromatic rings. The van der Waals surface area contributed by atoms with Gasteiger partial charge in [-0.05, 0) is 24.1 Å². The van der Waals surface area contributed by atoms with Crippen LogP contribution in [0, 0.1) is 0 Å². The van der Waals surface area contributed by atoms with Gasteiger partial charge in [-0.1, -0.05) is 48.5 Å². The summed E-state index contributed by atoms with van der Waals surface area (Å²) in [6.45, 7) is 0.313. The largest absolute Gasteiger partial charge is 0.324 e. The number of nitrogens with two attached hydrogens (primary N) is 1. The molecule has 0 saturated carbocycles. The standard InChI is InChI=1S/C15H18N2O2S/c16-15(13-7-3-1-4-8-13)11-12-17-20(18,19)14-9-5-2-6-10-14/h1-10,15,17H,11-12,16H2. The van der Waals surface area contributed by atoms with Gasteiger partial charge in [-0.2, -0.15) is 0 Å². The number of sulfonamides is 1. The quantitative estimate of drug-likeness (QED) is 0.855. The Balaban J connectivity index is 1.90. The molecule has 3 N–H and O–H groups in total. The van der Waals surface area contributed by atoms with Crippen molar-refractivity contribution in [3.05, 3.63) is 66.2 Å². The van der Waals surface area contributed by atoms with Gasteiger partial charge in [0.05, 0.1) is 4.90 Å². The molecular formula is C15H18N2O2S. The van der Waals surface area contributed by atoms with Crippen molar-refractivity contribution in [3.8, 4) is 0 Å². The summed E-state index contributed by atoms with van der Waals surface area (Å²) in [6, 6.07) is 17.8. The molecule has 0 radical (unpaired) electrons. The molecule has 20 heavy (non-hydrogen) atoms. The lowest BCUT2D eigenvalue weighted by Gasteiger charge is -2.12. The van der Waals surface area contributed by atoms with E-state index in [-0.39, 0.29) is 10.9 Å². The summed E-state index contributed by atoms with van der Waals surface area (Å²) in [5.41, 5.74) is 7.03. The summed E-state index contributed by atoms with van der Waals surface area (Å²) in [4.78, 5) is 0.272. The van der Waals surface area contributed by atoms with E-state index in [2.05, 4.69) is 4.72 Å². The van der Waals surface area contributed by atoms with Gasteiger partial charge in [-0.25, -0.2) is 13.1 Å². The third-order valence-corrected chi connectivity index (χ3v) is 4.51. The van der Waals surface area contributed by atoms with E-state index >= 15 is 0 Å².